The standard InChI is InChI=1S/C21H16F3N3O6S/c22-21(23,24)34(29)33-13-3-4-15-12(8-13)5-7-27-16(15)9-18(26-20(27)28)30-10-14-11-31-19-17(32-14)2-1-6-25-19/h1-4,6,8-9,14H,5,7,10-11H2. The highest BCUT2D eigenvalue weighted by atomic mass is 32.2. The van der Waals surface area contributed by atoms with E-state index in [1.54, 1.807) is 24.4 Å². The van der Waals surface area contributed by atoms with E-state index < -0.39 is 28.4 Å². The Labute approximate surface area is 192 Å². The van der Waals surface area contributed by atoms with E-state index in [-0.39, 0.29) is 31.4 Å². The number of benzene rings is 1. The van der Waals surface area contributed by atoms with Crippen LogP contribution in [-0.2, 0) is 24.0 Å². The molecule has 13 heteroatoms. The number of aromatic nitrogens is 3. The smallest absolute Gasteiger partial charge is 0.478 e. The largest absolute Gasteiger partial charge is 0.508 e. The normalized spacial score (nSPS) is 17.3. The third-order valence-electron chi connectivity index (χ3n) is 5.16. The van der Waals surface area contributed by atoms with E-state index in [1.165, 1.54) is 22.8 Å². The molecular weight excluding hydrogens is 479 g/mol. The Bertz CT molecular complexity index is 1330. The minimum Gasteiger partial charge on any atom is -0.478 e. The van der Waals surface area contributed by atoms with Crippen molar-refractivity contribution in [1.82, 2.24) is 14.5 Å². The Kier molecular flexibility index (Phi) is 5.63. The van der Waals surface area contributed by atoms with Crippen molar-refractivity contribution in [3.8, 4) is 34.5 Å². The third-order valence-corrected chi connectivity index (χ3v) is 5.88. The molecule has 2 aliphatic heterocycles. The number of hydrogen-bond acceptors (Lipinski definition) is 8. The first-order chi connectivity index (χ1) is 16.3. The molecule has 2 aromatic heterocycles. The maximum Gasteiger partial charge on any atom is 0.508 e. The van der Waals surface area contributed by atoms with Crippen molar-refractivity contribution in [2.45, 2.75) is 24.6 Å². The second-order valence-corrected chi connectivity index (χ2v) is 8.51. The zero-order valence-electron chi connectivity index (χ0n) is 17.3. The van der Waals surface area contributed by atoms with Crippen LogP contribution in [0.25, 0.3) is 11.3 Å². The van der Waals surface area contributed by atoms with Gasteiger partial charge in [-0.25, -0.2) is 14.0 Å². The van der Waals surface area contributed by atoms with Crippen molar-refractivity contribution in [2.75, 3.05) is 13.2 Å². The molecule has 178 valence electrons. The summed E-state index contributed by atoms with van der Waals surface area (Å²) in [7, 11) is 0. The van der Waals surface area contributed by atoms with Gasteiger partial charge in [-0.15, -0.1) is 0 Å². The fourth-order valence-electron chi connectivity index (χ4n) is 3.66. The van der Waals surface area contributed by atoms with Crippen molar-refractivity contribution in [1.29, 1.82) is 0 Å². The van der Waals surface area contributed by atoms with Gasteiger partial charge < -0.3 is 18.4 Å². The van der Waals surface area contributed by atoms with E-state index in [2.05, 4.69) is 14.2 Å². The molecule has 4 heterocycles. The van der Waals surface area contributed by atoms with Crippen LogP contribution in [0.1, 0.15) is 5.56 Å². The topological polar surface area (TPSA) is 102 Å². The molecule has 5 rings (SSSR count). The molecule has 0 saturated heterocycles. The maximum atomic E-state index is 12.5. The summed E-state index contributed by atoms with van der Waals surface area (Å²) in [5, 5.41) is 0. The number of aryl methyl sites for hydroxylation is 1. The van der Waals surface area contributed by atoms with Crippen LogP contribution in [0, 0.1) is 0 Å². The number of halogens is 3. The summed E-state index contributed by atoms with van der Waals surface area (Å²) < 4.78 is 71.8. The molecule has 0 fully saturated rings. The van der Waals surface area contributed by atoms with E-state index in [0.717, 1.165) is 0 Å². The molecule has 2 atom stereocenters. The monoisotopic (exact) mass is 495 g/mol. The van der Waals surface area contributed by atoms with Crippen LogP contribution in [0.3, 0.4) is 0 Å². The van der Waals surface area contributed by atoms with Gasteiger partial charge >= 0.3 is 22.3 Å². The summed E-state index contributed by atoms with van der Waals surface area (Å²) in [5.41, 5.74) is -3.76. The van der Waals surface area contributed by atoms with Crippen molar-refractivity contribution >= 4 is 11.1 Å². The number of rotatable bonds is 5. The van der Waals surface area contributed by atoms with Crippen LogP contribution < -0.4 is 24.1 Å². The molecule has 9 nitrogen and oxygen atoms in total. The molecule has 0 aliphatic carbocycles. The minimum absolute atomic E-state index is 0.0626. The molecular formula is C21H16F3N3O6S. The average molecular weight is 495 g/mol. The van der Waals surface area contributed by atoms with Crippen LogP contribution >= 0.6 is 0 Å². The van der Waals surface area contributed by atoms with E-state index in [9.17, 15) is 22.2 Å². The van der Waals surface area contributed by atoms with Gasteiger partial charge in [0.05, 0.1) is 5.69 Å². The van der Waals surface area contributed by atoms with Crippen LogP contribution in [-0.4, -0.2) is 43.6 Å². The molecule has 0 radical (unpaired) electrons. The average Bonchev–Trinajstić information content (AvgIpc) is 2.81. The van der Waals surface area contributed by atoms with Crippen molar-refractivity contribution in [3.63, 3.8) is 0 Å². The summed E-state index contributed by atoms with van der Waals surface area (Å²) in [4.78, 5) is 20.6. The summed E-state index contributed by atoms with van der Waals surface area (Å²) in [6.45, 7) is 0.537. The Balaban J connectivity index is 1.34. The van der Waals surface area contributed by atoms with Gasteiger partial charge in [0.1, 0.15) is 19.0 Å². The van der Waals surface area contributed by atoms with Gasteiger partial charge in [-0.1, -0.05) is 0 Å². The maximum absolute atomic E-state index is 12.5. The molecule has 0 N–H and O–H groups in total. The third kappa shape index (κ3) is 4.42. The Hall–Kier alpha value is -3.61. The number of nitrogens with zero attached hydrogens (tertiary/aromatic N) is 3. The first-order valence-corrected chi connectivity index (χ1v) is 11.1. The Morgan fingerprint density at radius 3 is 2.91 bits per heavy atom. The summed E-state index contributed by atoms with van der Waals surface area (Å²) in [6, 6.07) is 9.17. The van der Waals surface area contributed by atoms with Crippen LogP contribution in [0.4, 0.5) is 13.2 Å². The highest BCUT2D eigenvalue weighted by Crippen LogP contribution is 2.34. The lowest BCUT2D eigenvalue weighted by atomic mass is 9.97. The Morgan fingerprint density at radius 2 is 2.09 bits per heavy atom. The quantitative estimate of drug-likeness (QED) is 0.533. The number of hydrogen-bond donors (Lipinski definition) is 0. The molecule has 3 aromatic rings. The molecule has 2 unspecified atom stereocenters. The molecule has 0 bridgehead atoms. The number of ether oxygens (including phenoxy) is 3. The van der Waals surface area contributed by atoms with Gasteiger partial charge in [-0.2, -0.15) is 18.2 Å². The van der Waals surface area contributed by atoms with E-state index in [4.69, 9.17) is 14.2 Å². The lowest BCUT2D eigenvalue weighted by molar-refractivity contribution is -0.0437. The zero-order valence-corrected chi connectivity index (χ0v) is 18.1. The lowest BCUT2D eigenvalue weighted by Crippen LogP contribution is -2.35. The molecule has 2 aliphatic rings. The van der Waals surface area contributed by atoms with E-state index in [0.29, 0.717) is 34.9 Å². The van der Waals surface area contributed by atoms with Gasteiger partial charge in [-0.05, 0) is 42.3 Å². The second-order valence-electron chi connectivity index (χ2n) is 7.42. The predicted molar refractivity (Wildman–Crippen MR) is 112 cm³/mol. The van der Waals surface area contributed by atoms with E-state index >= 15 is 0 Å². The molecule has 0 spiro atoms. The highest BCUT2D eigenvalue weighted by Gasteiger charge is 2.40. The molecule has 34 heavy (non-hydrogen) atoms. The van der Waals surface area contributed by atoms with Crippen molar-refractivity contribution < 1.29 is 35.8 Å². The molecule has 0 amide bonds. The fourth-order valence-corrected chi connectivity index (χ4v) is 4.04. The molecule has 1 aromatic carbocycles. The highest BCUT2D eigenvalue weighted by molar-refractivity contribution is 7.81. The fraction of sp³-hybridized carbons (Fsp3) is 0.286. The minimum atomic E-state index is -4.99. The van der Waals surface area contributed by atoms with Gasteiger partial charge in [0.15, 0.2) is 11.9 Å². The van der Waals surface area contributed by atoms with Gasteiger partial charge in [0.2, 0.25) is 5.88 Å². The predicted octanol–water partition coefficient (Wildman–Crippen LogP) is 2.64. The van der Waals surface area contributed by atoms with Gasteiger partial charge in [0.25, 0.3) is 5.88 Å². The zero-order chi connectivity index (χ0) is 23.9. The number of fused-ring (bicyclic) bond motifs is 4. The second kappa shape index (κ2) is 8.63. The summed E-state index contributed by atoms with van der Waals surface area (Å²) in [5.74, 6) is 0.769. The SMILES string of the molecule is O=c1nc(OCC2COc3ncccc3O2)cc2n1CCc1cc(OS(=O)C(F)(F)F)ccc1-2. The Morgan fingerprint density at radius 1 is 1.24 bits per heavy atom. The van der Waals surface area contributed by atoms with E-state index in [1.807, 2.05) is 0 Å². The van der Waals surface area contributed by atoms with Crippen LogP contribution in [0.2, 0.25) is 0 Å². The van der Waals surface area contributed by atoms with Gasteiger partial charge in [-0.3, -0.25) is 4.57 Å². The van der Waals surface area contributed by atoms with Crippen LogP contribution in [0.15, 0.2) is 47.4 Å². The van der Waals surface area contributed by atoms with Crippen molar-refractivity contribution in [3.05, 3.63) is 58.6 Å². The number of alkyl halides is 3. The first-order valence-electron chi connectivity index (χ1n) is 10.1. The summed E-state index contributed by atoms with van der Waals surface area (Å²) >= 11 is -3.47. The first kappa shape index (κ1) is 22.2. The molecule has 0 saturated carbocycles. The summed E-state index contributed by atoms with van der Waals surface area (Å²) in [6.07, 6.45) is 1.51. The number of pyridine rings is 1. The van der Waals surface area contributed by atoms with Crippen LogP contribution in [0.5, 0.6) is 23.3 Å². The van der Waals surface area contributed by atoms with Crippen molar-refractivity contribution in [2.24, 2.45) is 0 Å². The van der Waals surface area contributed by atoms with Gasteiger partial charge in [0, 0.05) is 24.4 Å². The lowest BCUT2D eigenvalue weighted by Gasteiger charge is -2.25.